The highest BCUT2D eigenvalue weighted by Gasteiger charge is 2.32. The van der Waals surface area contributed by atoms with Crippen LogP contribution in [0.1, 0.15) is 95.6 Å². The summed E-state index contributed by atoms with van der Waals surface area (Å²) in [6.45, 7) is 22.3. The molecule has 8 N–H and O–H groups in total. The number of methoxy groups -OCH3 is 6. The Morgan fingerprint density at radius 1 is 0.357 bits per heavy atom. The lowest BCUT2D eigenvalue weighted by Crippen LogP contribution is -2.35. The lowest BCUT2D eigenvalue weighted by atomic mass is 10.1. The number of ether oxygens (including phenoxy) is 10. The van der Waals surface area contributed by atoms with Gasteiger partial charge in [0, 0.05) is 93.4 Å². The number of benzene rings is 6. The second-order valence-corrected chi connectivity index (χ2v) is 30.5. The van der Waals surface area contributed by atoms with Gasteiger partial charge in [0.2, 0.25) is 29.4 Å². The number of amides is 7. The van der Waals surface area contributed by atoms with E-state index in [2.05, 4.69) is 26.0 Å². The van der Waals surface area contributed by atoms with E-state index >= 15 is 0 Å². The molecule has 0 spiro atoms. The molecular formula is C77H106ClF2N17O29. The van der Waals surface area contributed by atoms with Gasteiger partial charge in [-0.15, -0.1) is 11.6 Å². The Morgan fingerprint density at radius 3 is 0.841 bits per heavy atom. The number of halogens is 3. The van der Waals surface area contributed by atoms with E-state index < -0.39 is 111 Å². The van der Waals surface area contributed by atoms with Crippen LogP contribution in [-0.4, -0.2) is 215 Å². The minimum absolute atomic E-state index is 0.0118. The van der Waals surface area contributed by atoms with E-state index in [0.717, 1.165) is 41.3 Å². The zero-order valence-electron chi connectivity index (χ0n) is 74.3. The number of nitro benzene ring substituents is 6. The first-order valence-electron chi connectivity index (χ1n) is 36.6. The summed E-state index contributed by atoms with van der Waals surface area (Å²) in [4.78, 5) is 152. The van der Waals surface area contributed by atoms with Crippen molar-refractivity contribution >= 4 is 139 Å². The third kappa shape index (κ3) is 36.0. The molecule has 0 heterocycles. The van der Waals surface area contributed by atoms with Crippen molar-refractivity contribution in [2.24, 2.45) is 0 Å². The van der Waals surface area contributed by atoms with Crippen molar-refractivity contribution in [1.82, 2.24) is 9.80 Å². The molecule has 0 radical (unpaired) electrons. The summed E-state index contributed by atoms with van der Waals surface area (Å²) in [6.07, 6.45) is -2.60. The normalized spacial score (nSPS) is 10.7. The maximum Gasteiger partial charge on any atom is 0.412 e. The predicted molar refractivity (Wildman–Crippen MR) is 463 cm³/mol. The van der Waals surface area contributed by atoms with E-state index in [-0.39, 0.29) is 128 Å². The van der Waals surface area contributed by atoms with Gasteiger partial charge in [0.05, 0.1) is 119 Å². The van der Waals surface area contributed by atoms with Crippen LogP contribution in [0.5, 0.6) is 34.5 Å². The lowest BCUT2D eigenvalue weighted by Gasteiger charge is -2.22. The number of alkyl halides is 1. The Bertz CT molecular complexity index is 4940. The van der Waals surface area contributed by atoms with E-state index in [9.17, 15) is 103 Å². The first-order chi connectivity index (χ1) is 58.0. The van der Waals surface area contributed by atoms with Crippen molar-refractivity contribution in [3.8, 4) is 34.5 Å². The molecule has 49 heteroatoms. The van der Waals surface area contributed by atoms with Gasteiger partial charge in [0.15, 0.2) is 0 Å². The number of likely N-dealkylation sites (N-methyl/N-ethyl adjacent to an activating group) is 4. The molecule has 7 amide bonds. The highest BCUT2D eigenvalue weighted by Crippen LogP contribution is 2.42. The molecule has 6 aromatic rings. The van der Waals surface area contributed by atoms with Gasteiger partial charge in [-0.1, -0.05) is 6.92 Å². The van der Waals surface area contributed by atoms with Crippen molar-refractivity contribution in [2.45, 2.75) is 119 Å². The Kier molecular flexibility index (Phi) is 42.2. The number of carbonyl (C=O) groups is 7. The molecule has 0 saturated carbocycles. The third-order valence-corrected chi connectivity index (χ3v) is 15.4. The van der Waals surface area contributed by atoms with Gasteiger partial charge in [-0.2, -0.15) is 8.78 Å². The number of hydrogen-bond acceptors (Lipinski definition) is 33. The molecule has 0 fully saturated rings. The predicted octanol–water partition coefficient (Wildman–Crippen LogP) is 14.3. The van der Waals surface area contributed by atoms with Crippen molar-refractivity contribution in [3.05, 3.63) is 151 Å². The monoisotopic (exact) mass is 1810 g/mol. The van der Waals surface area contributed by atoms with E-state index in [4.69, 9.17) is 65.7 Å². The number of nitrogens with two attached hydrogens (primary N) is 2. The number of carbonyl (C=O) groups excluding carboxylic acids is 7. The largest absolute Gasteiger partial charge is 0.495 e. The SMILES string of the molecule is CCc1cc(OC)c(NC(=O)OC(C)(C)C)cc1[N+](=O)[O-].COc1cc(F)c([N+](=O)[O-])cc1N.COc1cc(F)c([N+](=O)[O-])cc1NC(=O)OC(C)(C)C.COc1cc(N(C)C(=O)CCl)c([N+](=O)[O-])cc1NC(=O)OC(C)(C)C.COc1cc(N(C)C(=O)CN(C)C)c([N+](=O)[O-])cc1N.COc1cc(N(C)C(=O)CN(C)C)c([N+](=O)[O-])cc1NC(=O)OC(C)(C)C. The Morgan fingerprint density at radius 2 is 0.579 bits per heavy atom. The van der Waals surface area contributed by atoms with E-state index in [1.165, 1.54) is 104 Å². The van der Waals surface area contributed by atoms with Gasteiger partial charge >= 0.3 is 35.7 Å². The zero-order chi connectivity index (χ0) is 97.5. The Balaban J connectivity index is 0.000000764. The third-order valence-electron chi connectivity index (χ3n) is 15.2. The second-order valence-electron chi connectivity index (χ2n) is 30.3. The van der Waals surface area contributed by atoms with Gasteiger partial charge in [-0.25, -0.2) is 19.2 Å². The summed E-state index contributed by atoms with van der Waals surface area (Å²) in [5.41, 5.74) is 6.83. The molecule has 0 atom stereocenters. The fraction of sp³-hybridized carbons (Fsp3) is 0.442. The average Bonchev–Trinajstić information content (AvgIpc) is 0.791. The molecule has 6 aromatic carbocycles. The fourth-order valence-corrected chi connectivity index (χ4v) is 9.88. The van der Waals surface area contributed by atoms with E-state index in [1.54, 1.807) is 127 Å². The quantitative estimate of drug-likeness (QED) is 0.0102. The standard InChI is InChI=1S/C17H26N4O6.C15H20ClN3O6.C14H20N2O5.C12H15FN2O5.C12H18N4O4.C7H7FN2O3/c1-17(2,3)27-16(23)18-11-8-13(21(24)25)12(9-14(11)26-7)20(6)15(22)10-19(4)5;1-15(2,3)25-14(21)17-9-6-11(19(22)23)10(7-12(9)24-5)18(4)13(20)8-16;1-6-9-7-12(20-5)10(8-11(9)16(18)19)15-13(17)21-14(2,3)4;1-12(2,3)20-11(16)14-8-6-9(15(17)18)7(13)5-10(8)19-4;1-14(2)7-12(17)15(3)9-6-11(20-4)8(13)5-10(9)16(18)19;1-13-7-2-4(8)6(10(11)12)3-5(7)9/h8-9H,10H2,1-7H3,(H,18,23);6-7H,8H2,1-5H3,(H,17,21);7-8H,6H2,1-5H3,(H,15,17);5-6H,1-4H3,(H,14,16);5-6H,7,13H2,1-4H3;2-3H,9H2,1H3. The van der Waals surface area contributed by atoms with Crippen LogP contribution < -0.4 is 75.9 Å². The topological polar surface area (TPSA) is 587 Å². The van der Waals surface area contributed by atoms with Crippen LogP contribution in [0.25, 0.3) is 0 Å². The molecule has 0 aromatic heterocycles. The summed E-state index contributed by atoms with van der Waals surface area (Å²) < 4.78 is 76.8. The number of rotatable bonds is 25. The van der Waals surface area contributed by atoms with Crippen LogP contribution in [0.3, 0.4) is 0 Å². The molecule has 0 aliphatic heterocycles. The lowest BCUT2D eigenvalue weighted by molar-refractivity contribution is -0.387. The first kappa shape index (κ1) is 110. The van der Waals surface area contributed by atoms with Crippen LogP contribution in [0, 0.1) is 72.3 Å². The summed E-state index contributed by atoms with van der Waals surface area (Å²) in [5, 5.41) is 75.5. The van der Waals surface area contributed by atoms with Crippen molar-refractivity contribution in [3.63, 3.8) is 0 Å². The molecule has 126 heavy (non-hydrogen) atoms. The Labute approximate surface area is 727 Å². The summed E-state index contributed by atoms with van der Waals surface area (Å²) in [6, 6.07) is 13.7. The average molecular weight is 1810 g/mol. The molecule has 694 valence electrons. The molecule has 0 saturated heterocycles. The molecule has 0 aliphatic carbocycles. The number of hydrogen-bond donors (Lipinski definition) is 6. The number of nitrogen functional groups attached to an aromatic ring is 2. The number of aryl methyl sites for hydroxylation is 1. The van der Waals surface area contributed by atoms with Crippen molar-refractivity contribution < 1.29 is 119 Å². The summed E-state index contributed by atoms with van der Waals surface area (Å²) in [5.74, 6) is -2.53. The van der Waals surface area contributed by atoms with E-state index in [0.29, 0.717) is 17.7 Å². The molecular weight excluding hydrogens is 1700 g/mol. The molecule has 0 unspecified atom stereocenters. The van der Waals surface area contributed by atoms with Crippen LogP contribution in [0.15, 0.2) is 72.8 Å². The maximum atomic E-state index is 13.4. The van der Waals surface area contributed by atoms with Crippen LogP contribution in [0.4, 0.5) is 113 Å². The van der Waals surface area contributed by atoms with Gasteiger partial charge in [0.25, 0.3) is 22.7 Å². The van der Waals surface area contributed by atoms with Crippen LogP contribution >= 0.6 is 11.6 Å². The maximum absolute atomic E-state index is 13.4. The molecule has 0 bridgehead atoms. The number of anilines is 9. The second kappa shape index (κ2) is 48.5. The molecule has 46 nitrogen and oxygen atoms in total. The number of nitrogens with zero attached hydrogens (tertiary/aromatic N) is 11. The highest BCUT2D eigenvalue weighted by atomic mass is 35.5. The van der Waals surface area contributed by atoms with Crippen molar-refractivity contribution in [2.75, 3.05) is 158 Å². The molecule has 6 rings (SSSR count). The van der Waals surface area contributed by atoms with Gasteiger partial charge in [-0.05, 0) is 124 Å². The smallest absolute Gasteiger partial charge is 0.412 e. The van der Waals surface area contributed by atoms with Gasteiger partial charge < -0.3 is 83.3 Å². The minimum atomic E-state index is -1.05. The number of nitrogens with one attached hydrogen (secondary N) is 4. The van der Waals surface area contributed by atoms with Crippen molar-refractivity contribution in [1.29, 1.82) is 0 Å². The van der Waals surface area contributed by atoms with Crippen LogP contribution in [-0.2, 0) is 39.8 Å². The fourth-order valence-electron chi connectivity index (χ4n) is 9.70. The summed E-state index contributed by atoms with van der Waals surface area (Å²) in [7, 11) is 19.3. The minimum Gasteiger partial charge on any atom is -0.495 e. The van der Waals surface area contributed by atoms with Gasteiger partial charge in [-0.3, -0.25) is 96.3 Å². The van der Waals surface area contributed by atoms with Crippen LogP contribution in [0.2, 0.25) is 0 Å². The highest BCUT2D eigenvalue weighted by molar-refractivity contribution is 6.29. The first-order valence-corrected chi connectivity index (χ1v) is 37.2. The zero-order valence-corrected chi connectivity index (χ0v) is 75.1. The summed E-state index contributed by atoms with van der Waals surface area (Å²) >= 11 is 5.50. The number of nitro groups is 6. The van der Waals surface area contributed by atoms with E-state index in [1.807, 2.05) is 6.92 Å². The van der Waals surface area contributed by atoms with Gasteiger partial charge in [0.1, 0.15) is 79.8 Å². The molecule has 0 aliphatic rings. The Hall–Kier alpha value is -14.3.